The number of halogens is 35. The van der Waals surface area contributed by atoms with Crippen molar-refractivity contribution < 1.29 is 207 Å². The molecule has 0 aromatic carbocycles. The maximum absolute atomic E-state index is 15.4. The maximum Gasteiger partial charge on any atom is 0.462 e. The van der Waals surface area contributed by atoms with E-state index in [1.807, 2.05) is 37.8 Å². The summed E-state index contributed by atoms with van der Waals surface area (Å²) in [5, 5.41) is 0.710. The van der Waals surface area contributed by atoms with E-state index in [4.69, 9.17) is 24.7 Å². The first-order valence-corrected chi connectivity index (χ1v) is 45.6. The molecule has 0 aliphatic rings. The van der Waals surface area contributed by atoms with Gasteiger partial charge in [0.25, 0.3) is 5.91 Å². The number of rotatable bonds is 35. The monoisotopic (exact) mass is 1590 g/mol. The Morgan fingerprint density at radius 3 is 0.745 bits per heavy atom. The van der Waals surface area contributed by atoms with Gasteiger partial charge in [0.1, 0.15) is 0 Å². The highest BCUT2D eigenvalue weighted by Crippen LogP contribution is 2.62. The Hall–Kier alpha value is -1.90. The minimum absolute atomic E-state index is 0.472. The third-order valence-corrected chi connectivity index (χ3v) is 38.3. The summed E-state index contributed by atoms with van der Waals surface area (Å²) in [5.74, 6) is -57.7. The van der Waals surface area contributed by atoms with Crippen LogP contribution in [0.4, 0.5) is 154 Å². The molecule has 94 heavy (non-hydrogen) atoms. The molecule has 0 aliphatic heterocycles. The van der Waals surface area contributed by atoms with Gasteiger partial charge in [-0.3, -0.25) is 28.5 Å². The molecule has 564 valence electrons. The van der Waals surface area contributed by atoms with Crippen LogP contribution in [0.1, 0.15) is 26.2 Å². The molecule has 1 amide bonds. The van der Waals surface area contributed by atoms with Crippen LogP contribution in [0, 0.1) is 0 Å². The van der Waals surface area contributed by atoms with Crippen LogP contribution in [-0.2, 0) is 53.2 Å². The minimum atomic E-state index is -9.65. The summed E-state index contributed by atoms with van der Waals surface area (Å²) >= 11 is 0. The zero-order valence-corrected chi connectivity index (χ0v) is 57.4. The summed E-state index contributed by atoms with van der Waals surface area (Å²) in [5.41, 5.74) is 0. The van der Waals surface area contributed by atoms with Crippen LogP contribution in [-0.4, -0.2) is 175 Å². The molecular weight excluding hydrogens is 1540 g/mol. The maximum atomic E-state index is 15.4. The fourth-order valence-corrected chi connectivity index (χ4v) is 43.4. The van der Waals surface area contributed by atoms with Crippen molar-refractivity contribution in [1.82, 2.24) is 5.32 Å². The molecule has 5 atom stereocenters. The second-order valence-electron chi connectivity index (χ2n) is 23.2. The van der Waals surface area contributed by atoms with Gasteiger partial charge in [-0.1, -0.05) is 19.8 Å². The highest BCUT2D eigenvalue weighted by molar-refractivity contribution is 6.92. The Kier molecular flexibility index (Phi) is 27.2. The molecule has 0 saturated heterocycles. The lowest BCUT2D eigenvalue weighted by Crippen LogP contribution is -2.73. The van der Waals surface area contributed by atoms with E-state index < -0.39 is 187 Å². The molecule has 0 rings (SSSR count). The lowest BCUT2D eigenvalue weighted by Gasteiger charge is -2.44. The fraction of sp³-hybridized carbons (Fsp3) is 0.974. The second-order valence-corrected chi connectivity index (χ2v) is 50.2. The van der Waals surface area contributed by atoms with E-state index in [0.717, 1.165) is 37.8 Å². The van der Waals surface area contributed by atoms with Gasteiger partial charge in [-0.2, -0.15) is 154 Å². The number of hydrogen-bond acceptors (Lipinski definition) is 12. The molecule has 0 fully saturated rings. The molecule has 0 aliphatic carbocycles. The predicted molar refractivity (Wildman–Crippen MR) is 262 cm³/mol. The Bertz CT molecular complexity index is 2540. The van der Waals surface area contributed by atoms with Gasteiger partial charge < -0.3 is 30.0 Å². The van der Waals surface area contributed by atoms with Gasteiger partial charge in [0.15, 0.2) is 16.6 Å². The number of amides is 1. The van der Waals surface area contributed by atoms with Gasteiger partial charge in [0.05, 0.1) is 0 Å². The Morgan fingerprint density at radius 1 is 0.298 bits per heavy atom. The average Bonchev–Trinajstić information content (AvgIpc) is 0.713. The lowest BCUT2D eigenvalue weighted by atomic mass is 10.2. The van der Waals surface area contributed by atoms with E-state index in [2.05, 4.69) is 0 Å². The molecule has 13 nitrogen and oxygen atoms in total. The van der Waals surface area contributed by atoms with Gasteiger partial charge >= 0.3 is 146 Å². The van der Waals surface area contributed by atoms with Gasteiger partial charge in [-0.05, 0) is 110 Å². The number of nitrogens with one attached hydrogen (secondary N) is 1. The summed E-state index contributed by atoms with van der Waals surface area (Å²) in [6.07, 6.45) is -97.4. The first-order chi connectivity index (χ1) is 40.2. The smallest absolute Gasteiger partial charge is 0.436 e. The zero-order chi connectivity index (χ0) is 76.3. The summed E-state index contributed by atoms with van der Waals surface area (Å²) in [4.78, 5) is 12.5. The molecule has 0 saturated carbocycles. The Balaban J connectivity index is 7.18. The highest BCUT2D eigenvalue weighted by atomic mass is 28.5. The molecule has 0 radical (unpaired) electrons. The molecule has 0 spiro atoms. The highest BCUT2D eigenvalue weighted by Gasteiger charge is 2.91. The number of unbranched alkanes of at least 4 members (excludes halogenated alkanes) is 1. The van der Waals surface area contributed by atoms with Gasteiger partial charge in [0.2, 0.25) is 0 Å². The third kappa shape index (κ3) is 21.6. The van der Waals surface area contributed by atoms with Crippen LogP contribution >= 0.6 is 0 Å². The average molecular weight is 1590 g/mol. The van der Waals surface area contributed by atoms with Gasteiger partial charge in [-0.25, -0.2) is 0 Å². The van der Waals surface area contributed by atoms with Crippen molar-refractivity contribution in [2.45, 2.75) is 233 Å². The van der Waals surface area contributed by atoms with Crippen molar-refractivity contribution in [2.24, 2.45) is 0 Å². The summed E-state index contributed by atoms with van der Waals surface area (Å²) in [6.45, 7) is 23.7. The second kappa shape index (κ2) is 27.8. The first kappa shape index (κ1) is 92.1. The molecule has 55 heteroatoms. The Labute approximate surface area is 516 Å². The van der Waals surface area contributed by atoms with Crippen LogP contribution < -0.4 is 5.32 Å². The Morgan fingerprint density at radius 2 is 0.521 bits per heavy atom. The van der Waals surface area contributed by atoms with E-state index >= 15 is 22.0 Å². The van der Waals surface area contributed by atoms with Gasteiger partial charge in [-0.15, -0.1) is 0 Å². The number of carbonyl (C=O) groups is 1. The third-order valence-electron chi connectivity index (χ3n) is 11.1. The van der Waals surface area contributed by atoms with Crippen molar-refractivity contribution in [3.05, 3.63) is 0 Å². The predicted octanol–water partition coefficient (Wildman–Crippen LogP) is 17.7. The standard InChI is InChI=1S/C39H58F35NO12Si7/c1-16-17-20-88(2,3)82-90(6,7)84-92(10,11)86-94(14,15)87-93(12,13)85-91(8,9)83-89(4,5)21-18-19-75-22(76)23(40,29(47,48)49)77-36(67,68)25(43,31(53,54)55)79-38(71,72)27(45,33(59,60)61)81-39(73,74)28(46,34(62,63)64)80-37(69,70)26(44,32(56,57)58)78-35(65,66)24(41,42)30(50,51)52/h16-21H2,1-15H3,(H,75,76). The van der Waals surface area contributed by atoms with Crippen LogP contribution in [0.2, 0.25) is 104 Å². The topological polar surface area (TPSA) is 131 Å². The molecular formula is C39H58F35NO12Si7. The van der Waals surface area contributed by atoms with E-state index in [-0.39, 0.29) is 0 Å². The SMILES string of the molecule is CCCC[Si](C)(C)O[Si](C)(C)O[Si](C)(C)O[Si](C)(C)O[Si](C)(C)O[Si](C)(C)O[Si](C)(C)CCCNC(=O)C(F)(OC(F)(F)C(F)(OC(F)(F)C(F)(OC(F)(F)C(F)(OC(F)(F)C(F)(OC(F)(F)C(F)(F)C(F)(F)F)C(F)(F)F)C(F)(F)F)C(F)(F)F)C(F)(F)F)C(F)(F)F. The number of hydrogen-bond donors (Lipinski definition) is 1. The molecule has 0 aromatic rings. The number of ether oxygens (including phenoxy) is 5. The van der Waals surface area contributed by atoms with Crippen molar-refractivity contribution in [3.8, 4) is 0 Å². The van der Waals surface area contributed by atoms with Crippen LogP contribution in [0.5, 0.6) is 0 Å². The van der Waals surface area contributed by atoms with Crippen molar-refractivity contribution in [3.63, 3.8) is 0 Å². The van der Waals surface area contributed by atoms with Crippen LogP contribution in [0.15, 0.2) is 0 Å². The molecule has 5 unspecified atom stereocenters. The largest absolute Gasteiger partial charge is 0.462 e. The lowest BCUT2D eigenvalue weighted by molar-refractivity contribution is -0.600. The van der Waals surface area contributed by atoms with Crippen molar-refractivity contribution >= 4 is 65.3 Å². The zero-order valence-electron chi connectivity index (χ0n) is 50.4. The summed E-state index contributed by atoms with van der Waals surface area (Å²) in [6, 6.07) is 0.388. The van der Waals surface area contributed by atoms with E-state index in [1.54, 1.807) is 39.3 Å². The van der Waals surface area contributed by atoms with Gasteiger partial charge in [0, 0.05) is 6.54 Å². The van der Waals surface area contributed by atoms with E-state index in [9.17, 15) is 137 Å². The molecule has 1 N–H and O–H groups in total. The van der Waals surface area contributed by atoms with E-state index in [1.165, 1.54) is 26.2 Å². The van der Waals surface area contributed by atoms with Crippen LogP contribution in [0.25, 0.3) is 0 Å². The van der Waals surface area contributed by atoms with Crippen molar-refractivity contribution in [1.29, 1.82) is 0 Å². The first-order valence-electron chi connectivity index (χ1n) is 25.3. The normalized spacial score (nSPS) is 18.9. The summed E-state index contributed by atoms with van der Waals surface area (Å²) in [7, 11) is -21.5. The fourth-order valence-electron chi connectivity index (χ4n) is 8.07. The van der Waals surface area contributed by atoms with E-state index in [0.29, 0.717) is 5.32 Å². The molecule has 0 heterocycles. The van der Waals surface area contributed by atoms with Crippen molar-refractivity contribution in [2.75, 3.05) is 6.54 Å². The molecule has 0 bridgehead atoms. The summed E-state index contributed by atoms with van der Waals surface area (Å²) < 4.78 is 534. The number of alkyl halides is 35. The minimum Gasteiger partial charge on any atom is -0.436 e. The molecule has 0 aromatic heterocycles. The van der Waals surface area contributed by atoms with Crippen LogP contribution in [0.3, 0.4) is 0 Å². The quantitative estimate of drug-likeness (QED) is 0.0368. The number of carbonyl (C=O) groups excluding carboxylic acids is 1.